The molecule has 1 heterocycles. The maximum absolute atomic E-state index is 10.2. The van der Waals surface area contributed by atoms with Crippen LogP contribution in [0.2, 0.25) is 5.35 Å². The van der Waals surface area contributed by atoms with E-state index in [1.807, 2.05) is 0 Å². The van der Waals surface area contributed by atoms with Crippen LogP contribution in [0.4, 0.5) is 0 Å². The van der Waals surface area contributed by atoms with Gasteiger partial charge in [0.15, 0.2) is 0 Å². The van der Waals surface area contributed by atoms with E-state index in [9.17, 15) is 4.79 Å². The minimum Gasteiger partial charge on any atom is -0.422 e. The van der Waals surface area contributed by atoms with Crippen LogP contribution in [-0.4, -0.2) is 10.9 Å². The van der Waals surface area contributed by atoms with E-state index in [4.69, 9.17) is 17.3 Å². The van der Waals surface area contributed by atoms with Gasteiger partial charge in [0.1, 0.15) is 0 Å². The number of nitrogens with two attached hydrogens (primary N) is 1. The van der Waals surface area contributed by atoms with Gasteiger partial charge in [-0.1, -0.05) is 0 Å². The number of oxazole rings is 1. The van der Waals surface area contributed by atoms with Gasteiger partial charge in [-0.05, 0) is 11.6 Å². The molecule has 0 spiro atoms. The Morgan fingerprint density at radius 1 is 1.89 bits per heavy atom. The molecule has 2 N–H and O–H groups in total. The van der Waals surface area contributed by atoms with Crippen molar-refractivity contribution >= 4 is 17.5 Å². The summed E-state index contributed by atoms with van der Waals surface area (Å²) >= 11 is 5.22. The summed E-state index contributed by atoms with van der Waals surface area (Å²) < 4.78 is 4.52. The summed E-state index contributed by atoms with van der Waals surface area (Å²) in [7, 11) is 0. The van der Waals surface area contributed by atoms with Gasteiger partial charge in [0, 0.05) is 0 Å². The average Bonchev–Trinajstić information content (AvgIpc) is 2.14. The molecule has 0 aromatic carbocycles. The van der Waals surface area contributed by atoms with Crippen LogP contribution < -0.4 is 5.73 Å². The number of nitrogens with zero attached hydrogens (tertiary/aromatic N) is 1. The normalized spacial score (nSPS) is 9.44. The summed E-state index contributed by atoms with van der Waals surface area (Å²) in [6.45, 7) is 0. The Morgan fingerprint density at radius 3 is 2.78 bits per heavy atom. The highest BCUT2D eigenvalue weighted by Gasteiger charge is 2.05. The SMILES string of the molecule is NC(=O)c1cnc(Cl)o1. The van der Waals surface area contributed by atoms with Gasteiger partial charge in [-0.2, -0.15) is 0 Å². The molecule has 1 rings (SSSR count). The second kappa shape index (κ2) is 2.06. The van der Waals surface area contributed by atoms with Crippen LogP contribution >= 0.6 is 11.6 Å². The van der Waals surface area contributed by atoms with Crippen molar-refractivity contribution in [3.05, 3.63) is 17.3 Å². The summed E-state index contributed by atoms with van der Waals surface area (Å²) in [4.78, 5) is 13.7. The van der Waals surface area contributed by atoms with Crippen LogP contribution in [-0.2, 0) is 0 Å². The molecule has 0 atom stereocenters. The minimum absolute atomic E-state index is 0.0278. The number of halogens is 1. The highest BCUT2D eigenvalue weighted by Crippen LogP contribution is 2.06. The molecule has 0 fully saturated rings. The van der Waals surface area contributed by atoms with Crippen molar-refractivity contribution in [3.8, 4) is 0 Å². The Labute approximate surface area is 55.6 Å². The first-order chi connectivity index (χ1) is 4.20. The lowest BCUT2D eigenvalue weighted by atomic mass is 10.5. The van der Waals surface area contributed by atoms with Gasteiger partial charge < -0.3 is 10.2 Å². The Balaban J connectivity index is 2.98. The molecule has 0 bridgehead atoms. The number of hydrogen-bond acceptors (Lipinski definition) is 3. The number of rotatable bonds is 1. The fourth-order valence-corrected chi connectivity index (χ4v) is 0.499. The molecule has 1 aromatic rings. The zero-order valence-corrected chi connectivity index (χ0v) is 5.05. The second-order valence-corrected chi connectivity index (χ2v) is 1.67. The summed E-state index contributed by atoms with van der Waals surface area (Å²) in [5.74, 6) is -0.700. The quantitative estimate of drug-likeness (QED) is 0.625. The molecule has 1 amide bonds. The molecule has 0 saturated carbocycles. The lowest BCUT2D eigenvalue weighted by Crippen LogP contribution is -2.09. The van der Waals surface area contributed by atoms with E-state index in [0.29, 0.717) is 0 Å². The number of amides is 1. The lowest BCUT2D eigenvalue weighted by molar-refractivity contribution is 0.0974. The fourth-order valence-electron chi connectivity index (χ4n) is 0.367. The van der Waals surface area contributed by atoms with Gasteiger partial charge in [-0.25, -0.2) is 4.98 Å². The van der Waals surface area contributed by atoms with Crippen molar-refractivity contribution in [2.75, 3.05) is 0 Å². The van der Waals surface area contributed by atoms with Crippen LogP contribution in [0, 0.1) is 0 Å². The molecule has 4 nitrogen and oxygen atoms in total. The van der Waals surface area contributed by atoms with Gasteiger partial charge in [-0.3, -0.25) is 4.79 Å². The Kier molecular flexibility index (Phi) is 1.40. The lowest BCUT2D eigenvalue weighted by Gasteiger charge is -1.80. The summed E-state index contributed by atoms with van der Waals surface area (Å²) in [5, 5.41) is -0.0798. The Morgan fingerprint density at radius 2 is 2.56 bits per heavy atom. The minimum atomic E-state index is -0.672. The smallest absolute Gasteiger partial charge is 0.292 e. The number of carbonyl (C=O) groups excluding carboxylic acids is 1. The second-order valence-electron chi connectivity index (χ2n) is 1.34. The Bertz CT molecular complexity index is 232. The molecule has 0 radical (unpaired) electrons. The third kappa shape index (κ3) is 1.20. The van der Waals surface area contributed by atoms with Crippen LogP contribution in [0.25, 0.3) is 0 Å². The highest BCUT2D eigenvalue weighted by molar-refractivity contribution is 6.27. The standard InChI is InChI=1S/C4H3ClN2O2/c5-4-7-1-2(9-4)3(6)8/h1H,(H2,6,8). The molecule has 0 aliphatic heterocycles. The molecule has 0 saturated heterocycles. The van der Waals surface area contributed by atoms with Crippen molar-refractivity contribution < 1.29 is 9.21 Å². The third-order valence-corrected chi connectivity index (χ3v) is 0.895. The molecular formula is C4H3ClN2O2. The van der Waals surface area contributed by atoms with Gasteiger partial charge >= 0.3 is 0 Å². The molecule has 1 aromatic heterocycles. The molecule has 5 heteroatoms. The zero-order valence-electron chi connectivity index (χ0n) is 4.30. The van der Waals surface area contributed by atoms with E-state index in [1.54, 1.807) is 0 Å². The number of primary amides is 1. The van der Waals surface area contributed by atoms with E-state index in [1.165, 1.54) is 6.20 Å². The maximum Gasteiger partial charge on any atom is 0.292 e. The van der Waals surface area contributed by atoms with E-state index >= 15 is 0 Å². The zero-order chi connectivity index (χ0) is 6.85. The number of carbonyl (C=O) groups is 1. The monoisotopic (exact) mass is 146 g/mol. The van der Waals surface area contributed by atoms with Gasteiger partial charge in [0.05, 0.1) is 6.20 Å². The van der Waals surface area contributed by atoms with Crippen molar-refractivity contribution in [1.29, 1.82) is 0 Å². The van der Waals surface area contributed by atoms with Crippen molar-refractivity contribution in [2.24, 2.45) is 5.73 Å². The molecule has 0 aliphatic carbocycles. The number of hydrogen-bond donors (Lipinski definition) is 1. The van der Waals surface area contributed by atoms with Crippen LogP contribution in [0.3, 0.4) is 0 Å². The average molecular weight is 147 g/mol. The first-order valence-electron chi connectivity index (χ1n) is 2.11. The van der Waals surface area contributed by atoms with Gasteiger partial charge in [-0.15, -0.1) is 0 Å². The van der Waals surface area contributed by atoms with Crippen molar-refractivity contribution in [3.63, 3.8) is 0 Å². The van der Waals surface area contributed by atoms with E-state index in [-0.39, 0.29) is 11.1 Å². The largest absolute Gasteiger partial charge is 0.422 e. The summed E-state index contributed by atoms with van der Waals surface area (Å²) in [6, 6.07) is 0. The first kappa shape index (κ1) is 6.10. The number of aromatic nitrogens is 1. The summed E-state index contributed by atoms with van der Waals surface area (Å²) in [5.41, 5.74) is 4.80. The Hall–Kier alpha value is -1.03. The van der Waals surface area contributed by atoms with Crippen LogP contribution in [0.15, 0.2) is 10.6 Å². The predicted molar refractivity (Wildman–Crippen MR) is 30.0 cm³/mol. The molecule has 0 unspecified atom stereocenters. The van der Waals surface area contributed by atoms with E-state index in [2.05, 4.69) is 9.40 Å². The topological polar surface area (TPSA) is 69.1 Å². The highest BCUT2D eigenvalue weighted by atomic mass is 35.5. The van der Waals surface area contributed by atoms with E-state index < -0.39 is 5.91 Å². The molecular weight excluding hydrogens is 144 g/mol. The molecule has 0 aliphatic rings. The summed E-state index contributed by atoms with van der Waals surface area (Å²) in [6.07, 6.45) is 1.17. The molecule has 9 heavy (non-hydrogen) atoms. The van der Waals surface area contributed by atoms with Gasteiger partial charge in [0.25, 0.3) is 11.3 Å². The van der Waals surface area contributed by atoms with Crippen LogP contribution in [0.5, 0.6) is 0 Å². The third-order valence-electron chi connectivity index (χ3n) is 0.720. The fraction of sp³-hybridized carbons (Fsp3) is 0. The molecule has 48 valence electrons. The van der Waals surface area contributed by atoms with Crippen molar-refractivity contribution in [2.45, 2.75) is 0 Å². The first-order valence-corrected chi connectivity index (χ1v) is 2.49. The van der Waals surface area contributed by atoms with Crippen LogP contribution in [0.1, 0.15) is 10.6 Å². The maximum atomic E-state index is 10.2. The predicted octanol–water partition coefficient (Wildman–Crippen LogP) is 0.427. The van der Waals surface area contributed by atoms with Gasteiger partial charge in [0.2, 0.25) is 5.76 Å². The van der Waals surface area contributed by atoms with Crippen molar-refractivity contribution in [1.82, 2.24) is 4.98 Å². The van der Waals surface area contributed by atoms with E-state index in [0.717, 1.165) is 0 Å².